The van der Waals surface area contributed by atoms with Gasteiger partial charge in [0.15, 0.2) is 5.65 Å². The third kappa shape index (κ3) is 1.82. The smallest absolute Gasteiger partial charge is 0.167 e. The lowest BCUT2D eigenvalue weighted by Crippen LogP contribution is -3.03. The van der Waals surface area contributed by atoms with E-state index in [4.69, 9.17) is 0 Å². The molecule has 0 saturated heterocycles. The molecule has 0 spiro atoms. The van der Waals surface area contributed by atoms with Crippen molar-refractivity contribution < 1.29 is 5.32 Å². The molecule has 0 aliphatic carbocycles. The highest BCUT2D eigenvalue weighted by Gasteiger charge is 2.43. The van der Waals surface area contributed by atoms with Crippen LogP contribution in [-0.2, 0) is 12.0 Å². The Morgan fingerprint density at radius 1 is 1.29 bits per heavy atom. The zero-order valence-corrected chi connectivity index (χ0v) is 13.9. The number of aryl methyl sites for hydroxylation is 1. The van der Waals surface area contributed by atoms with E-state index in [0.29, 0.717) is 0 Å². The van der Waals surface area contributed by atoms with Crippen LogP contribution < -0.4 is 5.32 Å². The molecule has 110 valence electrons. The standard InChI is InChI=1S/C15H19N5S/c1-8-17-12-10-9-6-14(2,3)19-15(4,5)11(9)21-13(10)16-7-20(12)18-8/h7,19H,6H2,1-5H3/p+1. The van der Waals surface area contributed by atoms with Crippen LogP contribution in [0.3, 0.4) is 0 Å². The fraction of sp³-hybridized carbons (Fsp3) is 0.533. The van der Waals surface area contributed by atoms with Gasteiger partial charge in [0.25, 0.3) is 0 Å². The molecule has 1 aliphatic rings. The predicted molar refractivity (Wildman–Crippen MR) is 83.6 cm³/mol. The fourth-order valence-corrected chi connectivity index (χ4v) is 5.03. The minimum Gasteiger partial charge on any atom is -0.333 e. The van der Waals surface area contributed by atoms with Crippen LogP contribution >= 0.6 is 11.3 Å². The maximum Gasteiger partial charge on any atom is 0.167 e. The fourth-order valence-electron chi connectivity index (χ4n) is 3.80. The zero-order chi connectivity index (χ0) is 15.0. The summed E-state index contributed by atoms with van der Waals surface area (Å²) < 4.78 is 1.81. The maximum atomic E-state index is 4.63. The van der Waals surface area contributed by atoms with Gasteiger partial charge in [0, 0.05) is 6.42 Å². The van der Waals surface area contributed by atoms with Gasteiger partial charge >= 0.3 is 0 Å². The van der Waals surface area contributed by atoms with Gasteiger partial charge in [-0.05, 0) is 40.2 Å². The number of fused-ring (bicyclic) bond motifs is 5. The third-order valence-electron chi connectivity index (χ3n) is 4.20. The van der Waals surface area contributed by atoms with Crippen molar-refractivity contribution in [3.63, 3.8) is 0 Å². The van der Waals surface area contributed by atoms with Gasteiger partial charge in [-0.1, -0.05) is 0 Å². The highest BCUT2D eigenvalue weighted by atomic mass is 32.1. The summed E-state index contributed by atoms with van der Waals surface area (Å²) in [7, 11) is 0. The number of thiophene rings is 1. The van der Waals surface area contributed by atoms with Crippen molar-refractivity contribution in [2.75, 3.05) is 0 Å². The van der Waals surface area contributed by atoms with E-state index in [1.165, 1.54) is 15.8 Å². The first-order chi connectivity index (χ1) is 9.77. The van der Waals surface area contributed by atoms with Crippen LogP contribution in [0.2, 0.25) is 0 Å². The summed E-state index contributed by atoms with van der Waals surface area (Å²) in [6, 6.07) is 0. The predicted octanol–water partition coefficient (Wildman–Crippen LogP) is 1.78. The van der Waals surface area contributed by atoms with Gasteiger partial charge in [0.1, 0.15) is 22.5 Å². The Kier molecular flexibility index (Phi) is 2.39. The summed E-state index contributed by atoms with van der Waals surface area (Å²) in [6.07, 6.45) is 2.82. The van der Waals surface area contributed by atoms with Gasteiger partial charge < -0.3 is 5.32 Å². The van der Waals surface area contributed by atoms with Crippen molar-refractivity contribution in [3.05, 3.63) is 22.6 Å². The van der Waals surface area contributed by atoms with E-state index in [9.17, 15) is 0 Å². The van der Waals surface area contributed by atoms with Gasteiger partial charge in [-0.3, -0.25) is 0 Å². The van der Waals surface area contributed by atoms with Crippen LogP contribution in [0, 0.1) is 6.92 Å². The normalized spacial score (nSPS) is 20.0. The third-order valence-corrected chi connectivity index (χ3v) is 5.68. The largest absolute Gasteiger partial charge is 0.333 e. The molecule has 5 nitrogen and oxygen atoms in total. The Labute approximate surface area is 127 Å². The molecule has 0 atom stereocenters. The Hall–Kier alpha value is -1.53. The lowest BCUT2D eigenvalue weighted by atomic mass is 9.82. The molecule has 0 amide bonds. The summed E-state index contributed by atoms with van der Waals surface area (Å²) in [4.78, 5) is 11.7. The lowest BCUT2D eigenvalue weighted by molar-refractivity contribution is -0.789. The van der Waals surface area contributed by atoms with Crippen molar-refractivity contribution in [2.45, 2.75) is 52.1 Å². The average Bonchev–Trinajstić information content (AvgIpc) is 2.86. The molecule has 0 unspecified atom stereocenters. The molecular weight excluding hydrogens is 282 g/mol. The minimum atomic E-state index is 0.0779. The molecule has 1 aliphatic heterocycles. The highest BCUT2D eigenvalue weighted by Crippen LogP contribution is 2.40. The van der Waals surface area contributed by atoms with Crippen LogP contribution in [0.5, 0.6) is 0 Å². The number of nitrogens with zero attached hydrogens (tertiary/aromatic N) is 4. The van der Waals surface area contributed by atoms with Gasteiger partial charge in [-0.2, -0.15) is 5.10 Å². The SMILES string of the molecule is Cc1nc2c3c4c(sc3ncn2n1)C(C)(C)[NH2+]C(C)(C)C4. The van der Waals surface area contributed by atoms with Crippen LogP contribution in [-0.4, -0.2) is 25.1 Å². The number of nitrogens with two attached hydrogens (primary N) is 1. The molecule has 4 rings (SSSR count). The molecule has 21 heavy (non-hydrogen) atoms. The monoisotopic (exact) mass is 302 g/mol. The Balaban J connectivity index is 2.14. The van der Waals surface area contributed by atoms with Gasteiger partial charge in [-0.15, -0.1) is 11.3 Å². The van der Waals surface area contributed by atoms with E-state index < -0.39 is 0 Å². The van der Waals surface area contributed by atoms with Gasteiger partial charge in [0.05, 0.1) is 15.8 Å². The van der Waals surface area contributed by atoms with E-state index in [1.807, 2.05) is 22.8 Å². The molecule has 6 heteroatoms. The van der Waals surface area contributed by atoms with Crippen LogP contribution in [0.1, 0.15) is 44.0 Å². The van der Waals surface area contributed by atoms with E-state index in [2.05, 4.69) is 48.1 Å². The van der Waals surface area contributed by atoms with Crippen molar-refractivity contribution >= 4 is 27.2 Å². The van der Waals surface area contributed by atoms with Gasteiger partial charge in [-0.25, -0.2) is 14.5 Å². The summed E-state index contributed by atoms with van der Waals surface area (Å²) in [5, 5.41) is 8.08. The Morgan fingerprint density at radius 2 is 2.05 bits per heavy atom. The number of rotatable bonds is 0. The molecule has 0 saturated carbocycles. The summed E-state index contributed by atoms with van der Waals surface area (Å²) in [5.74, 6) is 0.796. The summed E-state index contributed by atoms with van der Waals surface area (Å²) in [6.45, 7) is 11.1. The van der Waals surface area contributed by atoms with E-state index in [0.717, 1.165) is 22.7 Å². The quantitative estimate of drug-likeness (QED) is 0.688. The Bertz CT molecular complexity index is 871. The molecule has 0 fully saturated rings. The molecule has 3 aromatic heterocycles. The summed E-state index contributed by atoms with van der Waals surface area (Å²) >= 11 is 1.81. The van der Waals surface area contributed by atoms with Crippen LogP contribution in [0.15, 0.2) is 6.33 Å². The average molecular weight is 302 g/mol. The van der Waals surface area contributed by atoms with Crippen LogP contribution in [0.4, 0.5) is 0 Å². The molecule has 0 aromatic carbocycles. The first kappa shape index (κ1) is 13.2. The molecule has 0 radical (unpaired) electrons. The van der Waals surface area contributed by atoms with Gasteiger partial charge in [0.2, 0.25) is 0 Å². The number of quaternary nitrogens is 1. The molecule has 3 aromatic rings. The first-order valence-electron chi connectivity index (χ1n) is 7.28. The van der Waals surface area contributed by atoms with E-state index in [1.54, 1.807) is 6.33 Å². The maximum absolute atomic E-state index is 4.63. The number of hydrogen-bond donors (Lipinski definition) is 1. The van der Waals surface area contributed by atoms with Crippen molar-refractivity contribution in [1.82, 2.24) is 19.6 Å². The first-order valence-corrected chi connectivity index (χ1v) is 8.09. The molecule has 0 bridgehead atoms. The second kappa shape index (κ2) is 3.81. The topological polar surface area (TPSA) is 59.7 Å². The second-order valence-corrected chi connectivity index (χ2v) is 8.29. The van der Waals surface area contributed by atoms with E-state index in [-0.39, 0.29) is 11.1 Å². The summed E-state index contributed by atoms with van der Waals surface area (Å²) in [5.41, 5.74) is 2.63. The van der Waals surface area contributed by atoms with Crippen molar-refractivity contribution in [3.8, 4) is 0 Å². The van der Waals surface area contributed by atoms with E-state index >= 15 is 0 Å². The molecule has 2 N–H and O–H groups in total. The number of aromatic nitrogens is 4. The van der Waals surface area contributed by atoms with Crippen molar-refractivity contribution in [2.24, 2.45) is 0 Å². The van der Waals surface area contributed by atoms with Crippen molar-refractivity contribution in [1.29, 1.82) is 0 Å². The second-order valence-electron chi connectivity index (χ2n) is 7.29. The highest BCUT2D eigenvalue weighted by molar-refractivity contribution is 7.19. The lowest BCUT2D eigenvalue weighted by Gasteiger charge is -2.38. The Morgan fingerprint density at radius 3 is 2.81 bits per heavy atom. The zero-order valence-electron chi connectivity index (χ0n) is 13.1. The minimum absolute atomic E-state index is 0.0779. The number of hydrogen-bond acceptors (Lipinski definition) is 4. The molecular formula is C15H20N5S+. The van der Waals surface area contributed by atoms with Crippen LogP contribution in [0.25, 0.3) is 15.9 Å². The molecule has 4 heterocycles.